The summed E-state index contributed by atoms with van der Waals surface area (Å²) in [5.41, 5.74) is 1.31. The Hall–Kier alpha value is -2.74. The van der Waals surface area contributed by atoms with E-state index in [4.69, 9.17) is 0 Å². The fourth-order valence-corrected chi connectivity index (χ4v) is 3.62. The van der Waals surface area contributed by atoms with E-state index in [0.29, 0.717) is 18.5 Å². The Labute approximate surface area is 144 Å². The van der Waals surface area contributed by atoms with Crippen LogP contribution in [-0.4, -0.2) is 48.0 Å². The molecule has 0 aliphatic heterocycles. The molecule has 0 unspecified atom stereocenters. The van der Waals surface area contributed by atoms with Crippen molar-refractivity contribution in [2.75, 3.05) is 6.54 Å². The van der Waals surface area contributed by atoms with E-state index in [0.717, 1.165) is 17.8 Å². The summed E-state index contributed by atoms with van der Waals surface area (Å²) in [6.07, 6.45) is 6.01. The van der Waals surface area contributed by atoms with Crippen molar-refractivity contribution in [3.05, 3.63) is 48.3 Å². The van der Waals surface area contributed by atoms with E-state index in [-0.39, 0.29) is 17.7 Å². The summed E-state index contributed by atoms with van der Waals surface area (Å²) in [6, 6.07) is 5.60. The molecular formula is C17H20N6O2. The molecule has 1 aliphatic carbocycles. The van der Waals surface area contributed by atoms with Crippen molar-refractivity contribution in [3.63, 3.8) is 0 Å². The number of hydrogen-bond acceptors (Lipinski definition) is 5. The second kappa shape index (κ2) is 6.29. The number of aliphatic hydroxyl groups is 1. The zero-order chi connectivity index (χ0) is 17.4. The maximum Gasteiger partial charge on any atom is 0.255 e. The van der Waals surface area contributed by atoms with Gasteiger partial charge in [0.25, 0.3) is 5.91 Å². The van der Waals surface area contributed by atoms with Crippen LogP contribution in [0.15, 0.2) is 36.9 Å². The predicted octanol–water partition coefficient (Wildman–Crippen LogP) is 0.747. The molecule has 8 nitrogen and oxygen atoms in total. The van der Waals surface area contributed by atoms with Crippen molar-refractivity contribution in [2.45, 2.75) is 24.9 Å². The summed E-state index contributed by atoms with van der Waals surface area (Å²) in [7, 11) is 1.90. The van der Waals surface area contributed by atoms with Gasteiger partial charge in [-0.05, 0) is 25.0 Å². The second-order valence-corrected chi connectivity index (χ2v) is 6.59. The van der Waals surface area contributed by atoms with Gasteiger partial charge in [0, 0.05) is 31.6 Å². The number of fused-ring (bicyclic) bond motifs is 1. The number of nitrogens with one attached hydrogen (secondary N) is 1. The fraction of sp³-hybridized carbons (Fsp3) is 0.412. The topological polar surface area (TPSA) is 97.3 Å². The first-order valence-corrected chi connectivity index (χ1v) is 8.36. The van der Waals surface area contributed by atoms with Crippen molar-refractivity contribution in [2.24, 2.45) is 13.0 Å². The zero-order valence-electron chi connectivity index (χ0n) is 13.9. The molecule has 2 N–H and O–H groups in total. The van der Waals surface area contributed by atoms with Crippen molar-refractivity contribution >= 4 is 11.4 Å². The number of amides is 1. The molecule has 3 aromatic heterocycles. The van der Waals surface area contributed by atoms with Crippen molar-refractivity contribution in [1.29, 1.82) is 0 Å². The van der Waals surface area contributed by atoms with Gasteiger partial charge < -0.3 is 15.0 Å². The maximum absolute atomic E-state index is 12.5. The van der Waals surface area contributed by atoms with Gasteiger partial charge in [-0.15, -0.1) is 10.2 Å². The Morgan fingerprint density at radius 2 is 2.28 bits per heavy atom. The molecule has 3 atom stereocenters. The molecule has 8 heteroatoms. The lowest BCUT2D eigenvalue weighted by Gasteiger charge is -2.14. The van der Waals surface area contributed by atoms with Crippen LogP contribution in [0.3, 0.4) is 0 Å². The number of carbonyl (C=O) groups excluding carboxylic acids is 1. The second-order valence-electron chi connectivity index (χ2n) is 6.59. The van der Waals surface area contributed by atoms with Gasteiger partial charge in [0.2, 0.25) is 0 Å². The summed E-state index contributed by atoms with van der Waals surface area (Å²) in [6.45, 7) is 0.429. The Kier molecular flexibility index (Phi) is 3.96. The zero-order valence-corrected chi connectivity index (χ0v) is 13.9. The van der Waals surface area contributed by atoms with Crippen molar-refractivity contribution in [1.82, 2.24) is 29.7 Å². The van der Waals surface area contributed by atoms with Crippen LogP contribution in [0, 0.1) is 5.92 Å². The summed E-state index contributed by atoms with van der Waals surface area (Å²) >= 11 is 0. The number of nitrogens with zero attached hydrogens (tertiary/aromatic N) is 5. The summed E-state index contributed by atoms with van der Waals surface area (Å²) in [5, 5.41) is 25.5. The minimum absolute atomic E-state index is 0.00693. The van der Waals surface area contributed by atoms with Crippen molar-refractivity contribution < 1.29 is 9.90 Å². The van der Waals surface area contributed by atoms with E-state index in [1.807, 2.05) is 29.8 Å². The number of hydrogen-bond donors (Lipinski definition) is 2. The van der Waals surface area contributed by atoms with E-state index in [9.17, 15) is 9.90 Å². The first-order valence-electron chi connectivity index (χ1n) is 8.36. The first-order chi connectivity index (χ1) is 12.1. The fourth-order valence-electron chi connectivity index (χ4n) is 3.62. The van der Waals surface area contributed by atoms with E-state index in [1.54, 1.807) is 23.2 Å². The molecule has 1 saturated carbocycles. The minimum atomic E-state index is -0.453. The van der Waals surface area contributed by atoms with Gasteiger partial charge in [-0.2, -0.15) is 5.10 Å². The third kappa shape index (κ3) is 2.89. The molecule has 4 rings (SSSR count). The number of pyridine rings is 1. The lowest BCUT2D eigenvalue weighted by atomic mass is 10.0. The van der Waals surface area contributed by atoms with Crippen LogP contribution in [0.25, 0.3) is 5.52 Å². The van der Waals surface area contributed by atoms with Crippen LogP contribution in [0.1, 0.15) is 34.9 Å². The maximum atomic E-state index is 12.5. The van der Waals surface area contributed by atoms with Crippen LogP contribution in [0.4, 0.5) is 0 Å². The SMILES string of the molecule is Cn1cnnc1[C@H]1C[C@H](CNC(=O)c2cnn3ccccc23)[C@H](O)C1. The number of aromatic nitrogens is 5. The van der Waals surface area contributed by atoms with Gasteiger partial charge in [-0.1, -0.05) is 6.07 Å². The molecule has 0 spiro atoms. The predicted molar refractivity (Wildman–Crippen MR) is 90.0 cm³/mol. The van der Waals surface area contributed by atoms with Gasteiger partial charge in [-0.25, -0.2) is 4.52 Å². The highest BCUT2D eigenvalue weighted by atomic mass is 16.3. The van der Waals surface area contributed by atoms with Gasteiger partial charge in [0.05, 0.1) is 23.4 Å². The Morgan fingerprint density at radius 1 is 1.40 bits per heavy atom. The molecule has 3 aromatic rings. The Balaban J connectivity index is 1.41. The number of carbonyl (C=O) groups is 1. The van der Waals surface area contributed by atoms with Gasteiger partial charge in [-0.3, -0.25) is 4.79 Å². The van der Waals surface area contributed by atoms with E-state index >= 15 is 0 Å². The highest BCUT2D eigenvalue weighted by Crippen LogP contribution is 2.37. The molecule has 1 aliphatic rings. The quantitative estimate of drug-likeness (QED) is 0.730. The molecular weight excluding hydrogens is 320 g/mol. The molecule has 130 valence electrons. The smallest absolute Gasteiger partial charge is 0.255 e. The molecule has 1 amide bonds. The lowest BCUT2D eigenvalue weighted by molar-refractivity contribution is 0.0918. The normalized spacial score (nSPS) is 23.2. The van der Waals surface area contributed by atoms with Crippen LogP contribution in [-0.2, 0) is 7.05 Å². The highest BCUT2D eigenvalue weighted by molar-refractivity contribution is 6.00. The van der Waals surface area contributed by atoms with Gasteiger partial charge >= 0.3 is 0 Å². The Bertz CT molecular complexity index is 901. The average Bonchev–Trinajstić information content (AvgIpc) is 3.31. The average molecular weight is 340 g/mol. The molecule has 0 radical (unpaired) electrons. The van der Waals surface area contributed by atoms with Crippen LogP contribution in [0.5, 0.6) is 0 Å². The number of rotatable bonds is 4. The molecule has 3 heterocycles. The molecule has 0 aromatic carbocycles. The van der Waals surface area contributed by atoms with E-state index < -0.39 is 6.10 Å². The molecule has 0 bridgehead atoms. The summed E-state index contributed by atoms with van der Waals surface area (Å²) < 4.78 is 3.56. The number of aryl methyl sites for hydroxylation is 1. The van der Waals surface area contributed by atoms with E-state index in [1.165, 1.54) is 0 Å². The summed E-state index contributed by atoms with van der Waals surface area (Å²) in [5.74, 6) is 0.889. The monoisotopic (exact) mass is 340 g/mol. The first kappa shape index (κ1) is 15.8. The number of aliphatic hydroxyl groups excluding tert-OH is 1. The summed E-state index contributed by atoms with van der Waals surface area (Å²) in [4.78, 5) is 12.5. The lowest BCUT2D eigenvalue weighted by Crippen LogP contribution is -2.32. The molecule has 25 heavy (non-hydrogen) atoms. The third-order valence-corrected chi connectivity index (χ3v) is 4.96. The Morgan fingerprint density at radius 3 is 3.08 bits per heavy atom. The third-order valence-electron chi connectivity index (χ3n) is 4.96. The van der Waals surface area contributed by atoms with Crippen LogP contribution in [0.2, 0.25) is 0 Å². The van der Waals surface area contributed by atoms with Crippen molar-refractivity contribution in [3.8, 4) is 0 Å². The highest BCUT2D eigenvalue weighted by Gasteiger charge is 2.36. The molecule has 1 fully saturated rings. The van der Waals surface area contributed by atoms with Gasteiger partial charge in [0.15, 0.2) is 0 Å². The standard InChI is InChI=1S/C17H20N6O2/c1-22-10-19-21-16(22)11-6-12(15(24)7-11)8-18-17(25)13-9-20-23-5-3-2-4-14(13)23/h2-5,9-12,15,24H,6-8H2,1H3,(H,18,25)/t11-,12+,15+/m0/s1. The minimum Gasteiger partial charge on any atom is -0.393 e. The van der Waals surface area contributed by atoms with E-state index in [2.05, 4.69) is 20.6 Å². The van der Waals surface area contributed by atoms with Crippen LogP contribution < -0.4 is 5.32 Å². The van der Waals surface area contributed by atoms with Gasteiger partial charge in [0.1, 0.15) is 12.2 Å². The van der Waals surface area contributed by atoms with Crippen LogP contribution >= 0.6 is 0 Å². The molecule has 0 saturated heterocycles. The largest absolute Gasteiger partial charge is 0.393 e.